The standard InChI is InChI=1S/C15H15N5O5S/c1-8-7-10-13(15(21)19(8)3)14(17-16-10)18-26(24,25)12-6-4-5-11(9(12)2)20(22)23/h4-7H,1-3H3,(H2,16,17,18). The van der Waals surface area contributed by atoms with Gasteiger partial charge in [-0.3, -0.25) is 24.7 Å². The van der Waals surface area contributed by atoms with Gasteiger partial charge in [-0.2, -0.15) is 5.10 Å². The van der Waals surface area contributed by atoms with Crippen molar-refractivity contribution in [3.63, 3.8) is 0 Å². The average molecular weight is 377 g/mol. The fraction of sp³-hybridized carbons (Fsp3) is 0.200. The van der Waals surface area contributed by atoms with Crippen LogP contribution in [0.5, 0.6) is 0 Å². The predicted octanol–water partition coefficient (Wildman–Crippen LogP) is 1.59. The maximum Gasteiger partial charge on any atom is 0.273 e. The van der Waals surface area contributed by atoms with Gasteiger partial charge in [0.05, 0.1) is 15.3 Å². The number of hydrogen-bond donors (Lipinski definition) is 2. The summed E-state index contributed by atoms with van der Waals surface area (Å²) < 4.78 is 29.0. The highest BCUT2D eigenvalue weighted by Crippen LogP contribution is 2.27. The summed E-state index contributed by atoms with van der Waals surface area (Å²) in [5.74, 6) is -0.161. The number of aryl methyl sites for hydroxylation is 1. The quantitative estimate of drug-likeness (QED) is 0.522. The second-order valence-corrected chi connectivity index (χ2v) is 7.42. The van der Waals surface area contributed by atoms with Crippen LogP contribution in [0, 0.1) is 24.0 Å². The average Bonchev–Trinajstić information content (AvgIpc) is 2.94. The van der Waals surface area contributed by atoms with Crippen LogP contribution in [0.4, 0.5) is 11.5 Å². The van der Waals surface area contributed by atoms with Crippen molar-refractivity contribution < 1.29 is 13.3 Å². The maximum absolute atomic E-state index is 12.7. The monoisotopic (exact) mass is 377 g/mol. The topological polar surface area (TPSA) is 140 Å². The van der Waals surface area contributed by atoms with Gasteiger partial charge >= 0.3 is 0 Å². The van der Waals surface area contributed by atoms with Crippen molar-refractivity contribution in [2.45, 2.75) is 18.7 Å². The largest absolute Gasteiger partial charge is 0.315 e. The highest BCUT2D eigenvalue weighted by molar-refractivity contribution is 7.92. The zero-order valence-electron chi connectivity index (χ0n) is 14.1. The second kappa shape index (κ2) is 5.95. The first-order chi connectivity index (χ1) is 12.1. The minimum atomic E-state index is -4.19. The third kappa shape index (κ3) is 2.71. The van der Waals surface area contributed by atoms with Crippen LogP contribution in [0.3, 0.4) is 0 Å². The Hall–Kier alpha value is -3.21. The number of H-pyrrole nitrogens is 1. The number of fused-ring (bicyclic) bond motifs is 1. The first-order valence-electron chi connectivity index (χ1n) is 7.45. The van der Waals surface area contributed by atoms with Crippen LogP contribution in [0.1, 0.15) is 11.3 Å². The first-order valence-corrected chi connectivity index (χ1v) is 8.93. The van der Waals surface area contributed by atoms with E-state index in [2.05, 4.69) is 14.9 Å². The van der Waals surface area contributed by atoms with E-state index in [0.29, 0.717) is 11.2 Å². The molecule has 136 valence electrons. The van der Waals surface area contributed by atoms with Crippen molar-refractivity contribution >= 4 is 32.4 Å². The van der Waals surface area contributed by atoms with Gasteiger partial charge in [0.1, 0.15) is 5.39 Å². The number of nitrogens with one attached hydrogen (secondary N) is 2. The molecule has 0 atom stereocenters. The van der Waals surface area contributed by atoms with Gasteiger partial charge in [-0.25, -0.2) is 8.42 Å². The molecule has 1 aromatic carbocycles. The molecule has 0 spiro atoms. The van der Waals surface area contributed by atoms with Crippen molar-refractivity contribution in [1.82, 2.24) is 14.8 Å². The Morgan fingerprint density at radius 1 is 1.31 bits per heavy atom. The molecule has 3 rings (SSSR count). The summed E-state index contributed by atoms with van der Waals surface area (Å²) >= 11 is 0. The fourth-order valence-electron chi connectivity index (χ4n) is 2.66. The molecule has 0 amide bonds. The molecular weight excluding hydrogens is 362 g/mol. The van der Waals surface area contributed by atoms with Gasteiger partial charge in [0.25, 0.3) is 21.3 Å². The van der Waals surface area contributed by atoms with E-state index in [9.17, 15) is 23.3 Å². The number of nitro benzene ring substituents is 1. The van der Waals surface area contributed by atoms with E-state index < -0.39 is 20.5 Å². The fourth-order valence-corrected chi connectivity index (χ4v) is 3.94. The molecule has 3 aromatic rings. The second-order valence-electron chi connectivity index (χ2n) is 5.77. The van der Waals surface area contributed by atoms with Gasteiger partial charge in [0.15, 0.2) is 5.82 Å². The highest BCUT2D eigenvalue weighted by Gasteiger charge is 2.25. The number of nitrogens with zero attached hydrogens (tertiary/aromatic N) is 3. The molecule has 0 radical (unpaired) electrons. The van der Waals surface area contributed by atoms with Crippen molar-refractivity contribution in [1.29, 1.82) is 0 Å². The van der Waals surface area contributed by atoms with E-state index in [0.717, 1.165) is 0 Å². The molecule has 0 aliphatic heterocycles. The summed E-state index contributed by atoms with van der Waals surface area (Å²) in [6, 6.07) is 5.42. The van der Waals surface area contributed by atoms with Crippen molar-refractivity contribution in [3.05, 3.63) is 56.0 Å². The Kier molecular flexibility index (Phi) is 4.03. The van der Waals surface area contributed by atoms with Crippen molar-refractivity contribution in [3.8, 4) is 0 Å². The maximum atomic E-state index is 12.7. The molecule has 0 saturated carbocycles. The Labute approximate surface area is 147 Å². The number of hydrogen-bond acceptors (Lipinski definition) is 6. The molecule has 0 aliphatic rings. The molecule has 26 heavy (non-hydrogen) atoms. The van der Waals surface area contributed by atoms with Gasteiger partial charge in [0, 0.05) is 24.4 Å². The normalized spacial score (nSPS) is 11.7. The summed E-state index contributed by atoms with van der Waals surface area (Å²) in [6.45, 7) is 3.08. The van der Waals surface area contributed by atoms with E-state index >= 15 is 0 Å². The Bertz CT molecular complexity index is 1210. The number of rotatable bonds is 4. The van der Waals surface area contributed by atoms with Crippen molar-refractivity contribution in [2.75, 3.05) is 4.72 Å². The van der Waals surface area contributed by atoms with E-state index in [1.54, 1.807) is 20.0 Å². The van der Waals surface area contributed by atoms with Crippen LogP contribution in [0.15, 0.2) is 34.0 Å². The first kappa shape index (κ1) is 17.6. The predicted molar refractivity (Wildman–Crippen MR) is 94.7 cm³/mol. The lowest BCUT2D eigenvalue weighted by molar-refractivity contribution is -0.385. The molecule has 2 aromatic heterocycles. The summed E-state index contributed by atoms with van der Waals surface area (Å²) in [7, 11) is -2.62. The SMILES string of the molecule is Cc1c([N+](=O)[O-])cccc1S(=O)(=O)Nc1n[nH]c2cc(C)n(C)c(=O)c12. The molecular formula is C15H15N5O5S. The van der Waals surface area contributed by atoms with E-state index in [1.165, 1.54) is 29.7 Å². The number of benzene rings is 1. The number of sulfonamides is 1. The molecule has 0 unspecified atom stereocenters. The third-order valence-electron chi connectivity index (χ3n) is 4.17. The number of aromatic amines is 1. The number of nitro groups is 1. The smallest absolute Gasteiger partial charge is 0.273 e. The molecule has 10 nitrogen and oxygen atoms in total. The van der Waals surface area contributed by atoms with Gasteiger partial charge in [0.2, 0.25) is 0 Å². The van der Waals surface area contributed by atoms with Crippen LogP contribution >= 0.6 is 0 Å². The highest BCUT2D eigenvalue weighted by atomic mass is 32.2. The zero-order valence-corrected chi connectivity index (χ0v) is 14.9. The zero-order chi connectivity index (χ0) is 19.2. The Morgan fingerprint density at radius 3 is 2.65 bits per heavy atom. The molecule has 2 heterocycles. The Morgan fingerprint density at radius 2 is 2.00 bits per heavy atom. The van der Waals surface area contributed by atoms with Gasteiger partial charge in [-0.15, -0.1) is 0 Å². The molecule has 0 saturated heterocycles. The molecule has 0 bridgehead atoms. The van der Waals surface area contributed by atoms with Gasteiger partial charge in [-0.05, 0) is 26.0 Å². The number of anilines is 1. The Balaban J connectivity index is 2.14. The summed E-state index contributed by atoms with van der Waals surface area (Å²) in [5, 5.41) is 17.6. The molecule has 0 fully saturated rings. The number of pyridine rings is 1. The molecule has 2 N–H and O–H groups in total. The third-order valence-corrected chi connectivity index (χ3v) is 5.65. The molecule has 0 aliphatic carbocycles. The van der Waals surface area contributed by atoms with Gasteiger partial charge < -0.3 is 4.57 Å². The van der Waals surface area contributed by atoms with Crippen LogP contribution in [0.2, 0.25) is 0 Å². The lowest BCUT2D eigenvalue weighted by Crippen LogP contribution is -2.21. The van der Waals surface area contributed by atoms with Crippen LogP contribution in [0.25, 0.3) is 10.9 Å². The lowest BCUT2D eigenvalue weighted by Gasteiger charge is -2.09. The van der Waals surface area contributed by atoms with E-state index in [4.69, 9.17) is 0 Å². The molecule has 11 heteroatoms. The lowest BCUT2D eigenvalue weighted by atomic mass is 10.2. The van der Waals surface area contributed by atoms with E-state index in [1.807, 2.05) is 0 Å². The van der Waals surface area contributed by atoms with Crippen LogP contribution in [-0.2, 0) is 17.1 Å². The summed E-state index contributed by atoms with van der Waals surface area (Å²) in [4.78, 5) is 22.6. The number of aromatic nitrogens is 3. The minimum Gasteiger partial charge on any atom is -0.315 e. The van der Waals surface area contributed by atoms with Crippen LogP contribution < -0.4 is 10.3 Å². The van der Waals surface area contributed by atoms with Crippen LogP contribution in [-0.4, -0.2) is 28.1 Å². The minimum absolute atomic E-state index is 0.00594. The summed E-state index contributed by atoms with van der Waals surface area (Å²) in [6.07, 6.45) is 0. The van der Waals surface area contributed by atoms with Crippen molar-refractivity contribution in [2.24, 2.45) is 7.05 Å². The summed E-state index contributed by atoms with van der Waals surface area (Å²) in [5.41, 5.74) is 0.330. The van der Waals surface area contributed by atoms with Gasteiger partial charge in [-0.1, -0.05) is 6.07 Å². The van der Waals surface area contributed by atoms with E-state index in [-0.39, 0.29) is 27.4 Å².